The number of carboxylic acids is 1. The Labute approximate surface area is 99.4 Å². The van der Waals surface area contributed by atoms with Gasteiger partial charge in [0.15, 0.2) is 0 Å². The molecule has 0 fully saturated rings. The Morgan fingerprint density at radius 2 is 2.06 bits per heavy atom. The Hall–Kier alpha value is -1.10. The molecule has 0 saturated heterocycles. The molecule has 0 aromatic heterocycles. The predicted molar refractivity (Wildman–Crippen MR) is 63.5 cm³/mol. The van der Waals surface area contributed by atoms with Gasteiger partial charge in [-0.15, -0.1) is 0 Å². The fraction of sp³-hybridized carbons (Fsp3) is 0.364. The van der Waals surface area contributed by atoms with Crippen molar-refractivity contribution in [2.75, 3.05) is 13.1 Å². The lowest BCUT2D eigenvalue weighted by Gasteiger charge is -2.26. The molecule has 88 valence electrons. The van der Waals surface area contributed by atoms with Crippen molar-refractivity contribution in [2.45, 2.75) is 12.5 Å². The molecule has 0 radical (unpaired) electrons. The van der Waals surface area contributed by atoms with Crippen molar-refractivity contribution >= 4 is 17.6 Å². The first-order chi connectivity index (χ1) is 7.50. The second kappa shape index (κ2) is 5.30. The summed E-state index contributed by atoms with van der Waals surface area (Å²) in [6.07, 6.45) is 0. The van der Waals surface area contributed by atoms with Crippen LogP contribution in [0.2, 0.25) is 5.02 Å². The van der Waals surface area contributed by atoms with Crippen LogP contribution in [0.1, 0.15) is 12.5 Å². The van der Waals surface area contributed by atoms with Gasteiger partial charge >= 0.3 is 5.97 Å². The molecule has 0 amide bonds. The third kappa shape index (κ3) is 2.72. The van der Waals surface area contributed by atoms with Crippen molar-refractivity contribution in [1.29, 1.82) is 0 Å². The van der Waals surface area contributed by atoms with Gasteiger partial charge in [0.05, 0.1) is 0 Å². The highest BCUT2D eigenvalue weighted by molar-refractivity contribution is 6.30. The largest absolute Gasteiger partial charge is 0.480 e. The highest BCUT2D eigenvalue weighted by Gasteiger charge is 2.34. The van der Waals surface area contributed by atoms with Gasteiger partial charge in [-0.25, -0.2) is 4.79 Å². The van der Waals surface area contributed by atoms with E-state index in [-0.39, 0.29) is 0 Å². The number of carboxylic acid groups (broad SMARTS) is 1. The lowest BCUT2D eigenvalue weighted by molar-refractivity contribution is -0.144. The molecule has 4 N–H and O–H groups in total. The number of halogens is 1. The molecule has 1 aromatic carbocycles. The molecule has 1 atom stereocenters. The molecule has 0 aliphatic rings. The van der Waals surface area contributed by atoms with E-state index in [0.717, 1.165) is 0 Å². The summed E-state index contributed by atoms with van der Waals surface area (Å²) in [6.45, 7) is 2.43. The minimum absolute atomic E-state index is 0.385. The summed E-state index contributed by atoms with van der Waals surface area (Å²) in [4.78, 5) is 11.3. The fourth-order valence-corrected chi connectivity index (χ4v) is 1.53. The molecule has 4 nitrogen and oxygen atoms in total. The number of hydrogen-bond donors (Lipinski definition) is 3. The van der Waals surface area contributed by atoms with Gasteiger partial charge in [0.25, 0.3) is 0 Å². The Morgan fingerprint density at radius 3 is 2.50 bits per heavy atom. The zero-order valence-electron chi connectivity index (χ0n) is 9.03. The molecular formula is C11H15ClN2O2. The van der Waals surface area contributed by atoms with Gasteiger partial charge < -0.3 is 10.8 Å². The molecule has 0 bridgehead atoms. The average molecular weight is 243 g/mol. The monoisotopic (exact) mass is 242 g/mol. The van der Waals surface area contributed by atoms with Crippen LogP contribution in [0.3, 0.4) is 0 Å². The standard InChI is InChI=1S/C11H15ClN2O2/c1-11(10(15)16,14-7-6-13)8-2-4-9(12)5-3-8/h2-5,14H,6-7,13H2,1H3,(H,15,16). The van der Waals surface area contributed by atoms with E-state index in [1.165, 1.54) is 0 Å². The molecule has 0 aliphatic carbocycles. The maximum atomic E-state index is 11.3. The maximum absolute atomic E-state index is 11.3. The van der Waals surface area contributed by atoms with Crippen molar-refractivity contribution in [3.8, 4) is 0 Å². The van der Waals surface area contributed by atoms with E-state index >= 15 is 0 Å². The second-order valence-electron chi connectivity index (χ2n) is 3.65. The summed E-state index contributed by atoms with van der Waals surface area (Å²) in [5.41, 5.74) is 4.88. The summed E-state index contributed by atoms with van der Waals surface area (Å²) in [6, 6.07) is 6.73. The molecule has 16 heavy (non-hydrogen) atoms. The Balaban J connectivity index is 3.01. The van der Waals surface area contributed by atoms with Gasteiger partial charge in [0.1, 0.15) is 5.54 Å². The quantitative estimate of drug-likeness (QED) is 0.725. The van der Waals surface area contributed by atoms with Crippen LogP contribution in [0.25, 0.3) is 0 Å². The number of aliphatic carboxylic acids is 1. The van der Waals surface area contributed by atoms with Gasteiger partial charge in [-0.05, 0) is 24.6 Å². The number of nitrogens with two attached hydrogens (primary N) is 1. The van der Waals surface area contributed by atoms with Crippen LogP contribution in [-0.2, 0) is 10.3 Å². The number of benzene rings is 1. The zero-order chi connectivity index (χ0) is 12.2. The molecule has 1 unspecified atom stereocenters. The summed E-state index contributed by atoms with van der Waals surface area (Å²) in [5, 5.41) is 12.7. The lowest BCUT2D eigenvalue weighted by Crippen LogP contribution is -2.48. The van der Waals surface area contributed by atoms with E-state index < -0.39 is 11.5 Å². The lowest BCUT2D eigenvalue weighted by atomic mass is 9.92. The fourth-order valence-electron chi connectivity index (χ4n) is 1.41. The van der Waals surface area contributed by atoms with Crippen LogP contribution in [0.15, 0.2) is 24.3 Å². The average Bonchev–Trinajstić information content (AvgIpc) is 2.26. The molecule has 0 heterocycles. The predicted octanol–water partition coefficient (Wildman–Crippen LogP) is 1.19. The SMILES string of the molecule is CC(NCCN)(C(=O)O)c1ccc(Cl)cc1. The second-order valence-corrected chi connectivity index (χ2v) is 4.09. The first-order valence-electron chi connectivity index (χ1n) is 4.95. The minimum Gasteiger partial charge on any atom is -0.480 e. The number of carbonyl (C=O) groups is 1. The van der Waals surface area contributed by atoms with Gasteiger partial charge in [0, 0.05) is 18.1 Å². The van der Waals surface area contributed by atoms with Crippen LogP contribution in [-0.4, -0.2) is 24.2 Å². The van der Waals surface area contributed by atoms with E-state index in [1.807, 2.05) is 0 Å². The summed E-state index contributed by atoms with van der Waals surface area (Å²) >= 11 is 5.76. The summed E-state index contributed by atoms with van der Waals surface area (Å²) in [7, 11) is 0. The van der Waals surface area contributed by atoms with Gasteiger partial charge in [-0.3, -0.25) is 5.32 Å². The van der Waals surface area contributed by atoms with E-state index in [4.69, 9.17) is 17.3 Å². The number of hydrogen-bond acceptors (Lipinski definition) is 3. The van der Waals surface area contributed by atoms with Crippen molar-refractivity contribution < 1.29 is 9.90 Å². The topological polar surface area (TPSA) is 75.3 Å². The smallest absolute Gasteiger partial charge is 0.328 e. The van der Waals surface area contributed by atoms with E-state index in [2.05, 4.69) is 5.32 Å². The van der Waals surface area contributed by atoms with Gasteiger partial charge in [-0.1, -0.05) is 23.7 Å². The highest BCUT2D eigenvalue weighted by Crippen LogP contribution is 2.22. The third-order valence-corrected chi connectivity index (χ3v) is 2.72. The zero-order valence-corrected chi connectivity index (χ0v) is 9.79. The van der Waals surface area contributed by atoms with E-state index in [1.54, 1.807) is 31.2 Å². The number of nitrogens with one attached hydrogen (secondary N) is 1. The van der Waals surface area contributed by atoms with Crippen LogP contribution < -0.4 is 11.1 Å². The van der Waals surface area contributed by atoms with Gasteiger partial charge in [0.2, 0.25) is 0 Å². The summed E-state index contributed by atoms with van der Waals surface area (Å²) < 4.78 is 0. The Morgan fingerprint density at radius 1 is 1.50 bits per heavy atom. The van der Waals surface area contributed by atoms with Crippen LogP contribution in [0.5, 0.6) is 0 Å². The van der Waals surface area contributed by atoms with Crippen molar-refractivity contribution in [3.63, 3.8) is 0 Å². The van der Waals surface area contributed by atoms with Crippen molar-refractivity contribution in [1.82, 2.24) is 5.32 Å². The normalized spacial score (nSPS) is 14.4. The van der Waals surface area contributed by atoms with Crippen LogP contribution in [0, 0.1) is 0 Å². The van der Waals surface area contributed by atoms with Crippen LogP contribution >= 0.6 is 11.6 Å². The number of rotatable bonds is 5. The minimum atomic E-state index is -1.13. The molecule has 0 aliphatic heterocycles. The van der Waals surface area contributed by atoms with Crippen LogP contribution in [0.4, 0.5) is 0 Å². The molecule has 5 heteroatoms. The molecule has 1 rings (SSSR count). The molecule has 0 saturated carbocycles. The highest BCUT2D eigenvalue weighted by atomic mass is 35.5. The van der Waals surface area contributed by atoms with Crippen molar-refractivity contribution in [3.05, 3.63) is 34.9 Å². The Bertz CT molecular complexity index is 367. The van der Waals surface area contributed by atoms with E-state index in [9.17, 15) is 9.90 Å². The van der Waals surface area contributed by atoms with E-state index in [0.29, 0.717) is 23.7 Å². The third-order valence-electron chi connectivity index (χ3n) is 2.47. The Kier molecular flexibility index (Phi) is 4.29. The first-order valence-corrected chi connectivity index (χ1v) is 5.33. The van der Waals surface area contributed by atoms with Crippen molar-refractivity contribution in [2.24, 2.45) is 5.73 Å². The molecule has 0 spiro atoms. The summed E-state index contributed by atoms with van der Waals surface area (Å²) in [5.74, 6) is -0.941. The molecular weight excluding hydrogens is 228 g/mol. The first kappa shape index (κ1) is 13.0. The maximum Gasteiger partial charge on any atom is 0.328 e. The molecule has 1 aromatic rings. The van der Waals surface area contributed by atoms with Gasteiger partial charge in [-0.2, -0.15) is 0 Å².